The van der Waals surface area contributed by atoms with Crippen molar-refractivity contribution in [1.82, 2.24) is 15.1 Å². The molecule has 0 radical (unpaired) electrons. The molecule has 2 aliphatic heterocycles. The molecule has 0 saturated carbocycles. The maximum Gasteiger partial charge on any atom is 0.266 e. The van der Waals surface area contributed by atoms with Gasteiger partial charge in [0.05, 0.1) is 11.9 Å². The molecule has 1 fully saturated rings. The van der Waals surface area contributed by atoms with Gasteiger partial charge < -0.3 is 9.80 Å². The van der Waals surface area contributed by atoms with Crippen molar-refractivity contribution < 1.29 is 4.79 Å². The zero-order valence-electron chi connectivity index (χ0n) is 16.0. The zero-order chi connectivity index (χ0) is 19.3. The molecule has 146 valence electrons. The van der Waals surface area contributed by atoms with E-state index in [4.69, 9.17) is 0 Å². The highest BCUT2D eigenvalue weighted by molar-refractivity contribution is 5.78. The van der Waals surface area contributed by atoms with Gasteiger partial charge in [0.25, 0.3) is 5.56 Å². The number of aromatic amines is 1. The Balaban J connectivity index is 1.34. The monoisotopic (exact) mass is 378 g/mol. The van der Waals surface area contributed by atoms with Crippen LogP contribution in [-0.4, -0.2) is 47.2 Å². The SMILES string of the molecule is O=C(CC1CCCN(c2cn[nH]c(=O)c2)C1)N1CC=C(c2ccccc2)CC1. The van der Waals surface area contributed by atoms with E-state index >= 15 is 0 Å². The number of nitrogens with zero attached hydrogens (tertiary/aromatic N) is 3. The summed E-state index contributed by atoms with van der Waals surface area (Å²) in [5, 5.41) is 6.30. The van der Waals surface area contributed by atoms with E-state index in [-0.39, 0.29) is 11.5 Å². The van der Waals surface area contributed by atoms with Crippen molar-refractivity contribution in [2.75, 3.05) is 31.1 Å². The summed E-state index contributed by atoms with van der Waals surface area (Å²) in [6, 6.07) is 12.0. The molecule has 0 bridgehead atoms. The molecule has 6 heteroatoms. The van der Waals surface area contributed by atoms with Crippen LogP contribution in [0, 0.1) is 5.92 Å². The standard InChI is InChI=1S/C22H26N4O2/c27-21-14-20(15-23-24-21)26-10-4-5-17(16-26)13-22(28)25-11-8-19(9-12-25)18-6-2-1-3-7-18/h1-3,6-8,14-15,17H,4-5,9-13,16H2,(H,24,27). The van der Waals surface area contributed by atoms with Crippen LogP contribution in [-0.2, 0) is 4.79 Å². The molecule has 2 aliphatic rings. The molecule has 4 rings (SSSR count). The molecular weight excluding hydrogens is 352 g/mol. The summed E-state index contributed by atoms with van der Waals surface area (Å²) in [5.74, 6) is 0.555. The second-order valence-corrected chi connectivity index (χ2v) is 7.65. The van der Waals surface area contributed by atoms with Gasteiger partial charge in [-0.05, 0) is 36.3 Å². The molecule has 1 saturated heterocycles. The fourth-order valence-electron chi connectivity index (χ4n) is 4.19. The number of benzene rings is 1. The van der Waals surface area contributed by atoms with Crippen molar-refractivity contribution in [3.63, 3.8) is 0 Å². The average molecular weight is 378 g/mol. The Morgan fingerprint density at radius 1 is 1.21 bits per heavy atom. The molecular formula is C22H26N4O2. The molecule has 1 atom stereocenters. The number of hydrogen-bond acceptors (Lipinski definition) is 4. The van der Waals surface area contributed by atoms with Gasteiger partial charge in [-0.25, -0.2) is 5.10 Å². The molecule has 1 N–H and O–H groups in total. The predicted octanol–water partition coefficient (Wildman–Crippen LogP) is 2.69. The lowest BCUT2D eigenvalue weighted by Crippen LogP contribution is -2.40. The van der Waals surface area contributed by atoms with Gasteiger partial charge in [0.15, 0.2) is 0 Å². The number of H-pyrrole nitrogens is 1. The second kappa shape index (κ2) is 8.42. The lowest BCUT2D eigenvalue weighted by atomic mass is 9.93. The average Bonchev–Trinajstić information content (AvgIpc) is 2.75. The number of carbonyl (C=O) groups is 1. The van der Waals surface area contributed by atoms with Crippen LogP contribution in [0.25, 0.3) is 5.57 Å². The number of aromatic nitrogens is 2. The van der Waals surface area contributed by atoms with E-state index in [1.165, 1.54) is 11.1 Å². The molecule has 0 spiro atoms. The molecule has 6 nitrogen and oxygen atoms in total. The van der Waals surface area contributed by atoms with Crippen LogP contribution in [0.2, 0.25) is 0 Å². The molecule has 1 amide bonds. The van der Waals surface area contributed by atoms with Crippen molar-refractivity contribution in [3.05, 3.63) is 64.6 Å². The lowest BCUT2D eigenvalue weighted by molar-refractivity contribution is -0.131. The van der Waals surface area contributed by atoms with Gasteiger partial charge in [0.1, 0.15) is 0 Å². The summed E-state index contributed by atoms with van der Waals surface area (Å²) >= 11 is 0. The number of carbonyl (C=O) groups excluding carboxylic acids is 1. The first-order valence-corrected chi connectivity index (χ1v) is 10.0. The van der Waals surface area contributed by atoms with Crippen molar-refractivity contribution in [2.24, 2.45) is 5.92 Å². The van der Waals surface area contributed by atoms with E-state index in [1.807, 2.05) is 11.0 Å². The Bertz CT molecular complexity index is 906. The van der Waals surface area contributed by atoms with Gasteiger partial charge in [-0.15, -0.1) is 0 Å². The number of amides is 1. The van der Waals surface area contributed by atoms with E-state index in [0.717, 1.165) is 44.6 Å². The van der Waals surface area contributed by atoms with Crippen LogP contribution in [0.3, 0.4) is 0 Å². The fourth-order valence-corrected chi connectivity index (χ4v) is 4.19. The van der Waals surface area contributed by atoms with Crippen molar-refractivity contribution in [1.29, 1.82) is 0 Å². The maximum atomic E-state index is 12.8. The Labute approximate surface area is 164 Å². The lowest BCUT2D eigenvalue weighted by Gasteiger charge is -2.35. The zero-order valence-corrected chi connectivity index (χ0v) is 16.0. The van der Waals surface area contributed by atoms with Gasteiger partial charge in [-0.2, -0.15) is 5.10 Å². The Morgan fingerprint density at radius 3 is 2.82 bits per heavy atom. The molecule has 1 aromatic heterocycles. The first-order valence-electron chi connectivity index (χ1n) is 10.0. The topological polar surface area (TPSA) is 69.3 Å². The Kier molecular flexibility index (Phi) is 5.55. The quantitative estimate of drug-likeness (QED) is 0.888. The van der Waals surface area contributed by atoms with Crippen LogP contribution in [0.4, 0.5) is 5.69 Å². The molecule has 28 heavy (non-hydrogen) atoms. The van der Waals surface area contributed by atoms with Crippen LogP contribution in [0.1, 0.15) is 31.2 Å². The highest BCUT2D eigenvalue weighted by atomic mass is 16.2. The van der Waals surface area contributed by atoms with Crippen LogP contribution in [0.15, 0.2) is 53.5 Å². The van der Waals surface area contributed by atoms with E-state index < -0.39 is 0 Å². The minimum Gasteiger partial charge on any atom is -0.370 e. The second-order valence-electron chi connectivity index (χ2n) is 7.65. The number of rotatable bonds is 4. The first-order chi connectivity index (χ1) is 13.7. The smallest absolute Gasteiger partial charge is 0.266 e. The highest BCUT2D eigenvalue weighted by Gasteiger charge is 2.26. The van der Waals surface area contributed by atoms with Crippen LogP contribution in [0.5, 0.6) is 0 Å². The minimum absolute atomic E-state index is 0.190. The number of anilines is 1. The third-order valence-electron chi connectivity index (χ3n) is 5.70. The van der Waals surface area contributed by atoms with E-state index in [1.54, 1.807) is 12.3 Å². The normalized spacial score (nSPS) is 20.0. The fraction of sp³-hybridized carbons (Fsp3) is 0.409. The highest BCUT2D eigenvalue weighted by Crippen LogP contribution is 2.26. The summed E-state index contributed by atoms with van der Waals surface area (Å²) in [5.41, 5.74) is 3.23. The van der Waals surface area contributed by atoms with Gasteiger partial charge >= 0.3 is 0 Å². The number of hydrogen-bond donors (Lipinski definition) is 1. The van der Waals surface area contributed by atoms with Gasteiger partial charge in [-0.3, -0.25) is 9.59 Å². The van der Waals surface area contributed by atoms with Crippen molar-refractivity contribution in [2.45, 2.75) is 25.7 Å². The molecule has 1 unspecified atom stereocenters. The van der Waals surface area contributed by atoms with Gasteiger partial charge in [-0.1, -0.05) is 36.4 Å². The molecule has 2 aromatic rings. The summed E-state index contributed by atoms with van der Waals surface area (Å²) in [6.45, 7) is 3.18. The maximum absolute atomic E-state index is 12.8. The van der Waals surface area contributed by atoms with Crippen molar-refractivity contribution in [3.8, 4) is 0 Å². The van der Waals surface area contributed by atoms with E-state index in [9.17, 15) is 9.59 Å². The third-order valence-corrected chi connectivity index (χ3v) is 5.70. The summed E-state index contributed by atoms with van der Waals surface area (Å²) in [6.07, 6.45) is 7.44. The van der Waals surface area contributed by atoms with Gasteiger partial charge in [0, 0.05) is 38.7 Å². The number of nitrogens with one attached hydrogen (secondary N) is 1. The minimum atomic E-state index is -0.190. The molecule has 1 aromatic carbocycles. The molecule has 0 aliphatic carbocycles. The van der Waals surface area contributed by atoms with Crippen LogP contribution < -0.4 is 10.5 Å². The third kappa shape index (κ3) is 4.32. The van der Waals surface area contributed by atoms with E-state index in [0.29, 0.717) is 18.9 Å². The molecule has 3 heterocycles. The number of piperidine rings is 1. The van der Waals surface area contributed by atoms with Crippen LogP contribution >= 0.6 is 0 Å². The first kappa shape index (κ1) is 18.5. The summed E-state index contributed by atoms with van der Waals surface area (Å²) in [7, 11) is 0. The van der Waals surface area contributed by atoms with Crippen molar-refractivity contribution >= 4 is 17.2 Å². The Morgan fingerprint density at radius 2 is 2.07 bits per heavy atom. The van der Waals surface area contributed by atoms with Gasteiger partial charge in [0.2, 0.25) is 5.91 Å². The summed E-state index contributed by atoms with van der Waals surface area (Å²) in [4.78, 5) is 28.5. The van der Waals surface area contributed by atoms with E-state index in [2.05, 4.69) is 45.4 Å². The largest absolute Gasteiger partial charge is 0.370 e. The predicted molar refractivity (Wildman–Crippen MR) is 110 cm³/mol. The summed E-state index contributed by atoms with van der Waals surface area (Å²) < 4.78 is 0. The Hall–Kier alpha value is -2.89.